The summed E-state index contributed by atoms with van der Waals surface area (Å²) in [4.78, 5) is 36.8. The normalized spacial score (nSPS) is 40.1. The number of esters is 3. The molecule has 3 aliphatic carbocycles. The molecule has 41 heavy (non-hydrogen) atoms. The van der Waals surface area contributed by atoms with Gasteiger partial charge in [0.1, 0.15) is 17.2 Å². The van der Waals surface area contributed by atoms with Gasteiger partial charge in [-0.3, -0.25) is 4.79 Å². The molecule has 7 atom stereocenters. The van der Waals surface area contributed by atoms with Crippen molar-refractivity contribution in [3.05, 3.63) is 23.3 Å². The molecule has 6 aliphatic rings. The highest BCUT2D eigenvalue weighted by Crippen LogP contribution is 2.76. The number of phenolic OH excluding ortho intramolecular Hbond substituents is 1. The number of carbonyl (C=O) groups excluding carboxylic acids is 3. The lowest BCUT2D eigenvalue weighted by Crippen LogP contribution is -2.68. The van der Waals surface area contributed by atoms with Crippen molar-refractivity contribution in [2.75, 3.05) is 13.7 Å². The minimum atomic E-state index is -2.12. The van der Waals surface area contributed by atoms with E-state index in [4.69, 9.17) is 18.9 Å². The van der Waals surface area contributed by atoms with Gasteiger partial charge in [-0.2, -0.15) is 0 Å². The molecular weight excluding hydrogens is 532 g/mol. The quantitative estimate of drug-likeness (QED) is 0.400. The summed E-state index contributed by atoms with van der Waals surface area (Å²) in [7, 11) is 1.45. The second-order valence-corrected chi connectivity index (χ2v) is 13.1. The minimum Gasteiger partial charge on any atom is -0.508 e. The Morgan fingerprint density at radius 2 is 1.85 bits per heavy atom. The first-order valence-corrected chi connectivity index (χ1v) is 14.3. The van der Waals surface area contributed by atoms with Crippen LogP contribution < -0.4 is 9.47 Å². The fourth-order valence-electron chi connectivity index (χ4n) is 9.57. The summed E-state index contributed by atoms with van der Waals surface area (Å²) in [5.74, 6) is -1.50. The molecule has 2 saturated heterocycles. The van der Waals surface area contributed by atoms with Gasteiger partial charge in [-0.05, 0) is 55.4 Å². The fourth-order valence-corrected chi connectivity index (χ4v) is 9.57. The predicted octanol–water partition coefficient (Wildman–Crippen LogP) is 3.69. The van der Waals surface area contributed by atoms with Crippen LogP contribution in [0.25, 0.3) is 6.08 Å². The van der Waals surface area contributed by atoms with E-state index in [0.717, 1.165) is 25.7 Å². The Kier molecular flexibility index (Phi) is 5.87. The lowest BCUT2D eigenvalue weighted by Gasteiger charge is -2.59. The molecule has 10 nitrogen and oxygen atoms in total. The SMILES string of the molecule is CCOC(C)=O.COc1cc(O)cc2c1C=C1C(=O)O[C@H]3[C@]45CC[C@@H]6C(C)(C)CCC[C@@]6(C)[C@@H]4[C@@](O)(C(=O)O5)[C@@]13O2. The average Bonchev–Trinajstić information content (AvgIpc) is 3.38. The zero-order chi connectivity index (χ0) is 29.8. The Hall–Kier alpha value is -3.27. The number of fused-ring (bicyclic) bond motifs is 2. The predicted molar refractivity (Wildman–Crippen MR) is 144 cm³/mol. The zero-order valence-corrected chi connectivity index (χ0v) is 24.4. The summed E-state index contributed by atoms with van der Waals surface area (Å²) in [6.45, 7) is 10.4. The number of aromatic hydroxyl groups is 1. The number of phenols is 1. The molecule has 7 rings (SSSR count). The Morgan fingerprint density at radius 1 is 1.12 bits per heavy atom. The van der Waals surface area contributed by atoms with E-state index in [0.29, 0.717) is 24.3 Å². The van der Waals surface area contributed by atoms with Gasteiger partial charge in [0.05, 0.1) is 30.8 Å². The summed E-state index contributed by atoms with van der Waals surface area (Å²) in [6, 6.07) is 2.84. The highest BCUT2D eigenvalue weighted by atomic mass is 16.7. The van der Waals surface area contributed by atoms with Crippen LogP contribution in [-0.4, -0.2) is 64.7 Å². The third-order valence-electron chi connectivity index (χ3n) is 10.7. The van der Waals surface area contributed by atoms with Crippen molar-refractivity contribution in [3.63, 3.8) is 0 Å². The highest BCUT2D eigenvalue weighted by molar-refractivity contribution is 6.05. The summed E-state index contributed by atoms with van der Waals surface area (Å²) >= 11 is 0. The van der Waals surface area contributed by atoms with Crippen LogP contribution in [-0.2, 0) is 28.6 Å². The van der Waals surface area contributed by atoms with Crippen LogP contribution in [0.15, 0.2) is 17.7 Å². The van der Waals surface area contributed by atoms with Gasteiger partial charge < -0.3 is 33.9 Å². The number of benzene rings is 1. The summed E-state index contributed by atoms with van der Waals surface area (Å²) < 4.78 is 28.4. The van der Waals surface area contributed by atoms with E-state index in [2.05, 4.69) is 25.5 Å². The number of methoxy groups -OCH3 is 1. The van der Waals surface area contributed by atoms with Gasteiger partial charge in [-0.15, -0.1) is 0 Å². The number of rotatable bonds is 2. The van der Waals surface area contributed by atoms with Crippen LogP contribution in [0.2, 0.25) is 0 Å². The molecule has 1 aromatic rings. The van der Waals surface area contributed by atoms with Gasteiger partial charge in [-0.1, -0.05) is 27.2 Å². The molecule has 3 aliphatic heterocycles. The molecule has 3 saturated carbocycles. The first-order valence-electron chi connectivity index (χ1n) is 14.3. The first kappa shape index (κ1) is 27.9. The number of ether oxygens (including phenoxy) is 5. The van der Waals surface area contributed by atoms with Crippen molar-refractivity contribution < 1.29 is 48.3 Å². The van der Waals surface area contributed by atoms with Gasteiger partial charge in [0.2, 0.25) is 11.2 Å². The Labute approximate surface area is 238 Å². The van der Waals surface area contributed by atoms with Crippen LogP contribution in [0.3, 0.4) is 0 Å². The minimum absolute atomic E-state index is 0.0390. The van der Waals surface area contributed by atoms with E-state index in [9.17, 15) is 24.6 Å². The van der Waals surface area contributed by atoms with Crippen molar-refractivity contribution in [1.82, 2.24) is 0 Å². The maximum absolute atomic E-state index is 13.7. The molecule has 1 spiro atoms. The molecule has 0 radical (unpaired) electrons. The number of hydrogen-bond acceptors (Lipinski definition) is 10. The van der Waals surface area contributed by atoms with Crippen LogP contribution in [0, 0.1) is 22.7 Å². The molecule has 1 aromatic carbocycles. The van der Waals surface area contributed by atoms with Crippen LogP contribution in [0.4, 0.5) is 0 Å². The van der Waals surface area contributed by atoms with E-state index >= 15 is 0 Å². The third-order valence-corrected chi connectivity index (χ3v) is 10.7. The summed E-state index contributed by atoms with van der Waals surface area (Å²) in [5, 5.41) is 22.9. The maximum atomic E-state index is 13.7. The monoisotopic (exact) mass is 570 g/mol. The second-order valence-electron chi connectivity index (χ2n) is 13.1. The largest absolute Gasteiger partial charge is 0.508 e. The smallest absolute Gasteiger partial charge is 0.344 e. The molecule has 0 amide bonds. The average molecular weight is 571 g/mol. The lowest BCUT2D eigenvalue weighted by molar-refractivity contribution is -0.214. The van der Waals surface area contributed by atoms with Gasteiger partial charge in [0, 0.05) is 19.1 Å². The number of aliphatic hydroxyl groups is 1. The first-order chi connectivity index (χ1) is 19.2. The van der Waals surface area contributed by atoms with Crippen molar-refractivity contribution >= 4 is 24.0 Å². The van der Waals surface area contributed by atoms with E-state index in [1.807, 2.05) is 0 Å². The zero-order valence-electron chi connectivity index (χ0n) is 24.4. The number of carbonyl (C=O) groups is 3. The van der Waals surface area contributed by atoms with E-state index in [-0.39, 0.29) is 34.4 Å². The lowest BCUT2D eigenvalue weighted by atomic mass is 9.44. The molecule has 0 aromatic heterocycles. The molecule has 2 bridgehead atoms. The number of hydrogen-bond donors (Lipinski definition) is 2. The van der Waals surface area contributed by atoms with Gasteiger partial charge in [0.15, 0.2) is 11.7 Å². The molecule has 10 heteroatoms. The van der Waals surface area contributed by atoms with Gasteiger partial charge in [-0.25, -0.2) is 9.59 Å². The maximum Gasteiger partial charge on any atom is 0.344 e. The van der Waals surface area contributed by atoms with E-state index < -0.39 is 46.2 Å². The van der Waals surface area contributed by atoms with Crippen molar-refractivity contribution in [2.24, 2.45) is 22.7 Å². The second kappa shape index (κ2) is 8.63. The molecule has 222 valence electrons. The van der Waals surface area contributed by atoms with Crippen LogP contribution in [0.1, 0.15) is 72.3 Å². The summed E-state index contributed by atoms with van der Waals surface area (Å²) in [5.41, 5.74) is -4.88. The Balaban J connectivity index is 0.000000458. The summed E-state index contributed by atoms with van der Waals surface area (Å²) in [6.07, 6.45) is 4.79. The van der Waals surface area contributed by atoms with Crippen molar-refractivity contribution in [2.45, 2.75) is 89.6 Å². The van der Waals surface area contributed by atoms with Crippen molar-refractivity contribution in [1.29, 1.82) is 0 Å². The highest BCUT2D eigenvalue weighted by Gasteiger charge is 2.94. The third kappa shape index (κ3) is 3.25. The standard InChI is InChI=1S/C27H30O8.C4H8O2/c1-23(2)7-5-8-24(3)18(23)6-9-25-20(24)26(31,22(30)35-25)27-15(19(29)33-21(25)27)12-14-16(32-4)10-13(28)11-17(14)34-27;1-3-6-4(2)5/h10-12,18,20-21,28,31H,5-9H2,1-4H3;3H2,1-2H3/t18-,20+,21+,24-,25+,26-,27-;/m1./s1. The topological polar surface area (TPSA) is 138 Å². The van der Waals surface area contributed by atoms with E-state index in [1.165, 1.54) is 26.2 Å². The molecule has 0 unspecified atom stereocenters. The Morgan fingerprint density at radius 3 is 2.49 bits per heavy atom. The van der Waals surface area contributed by atoms with Gasteiger partial charge >= 0.3 is 17.9 Å². The molecule has 2 N–H and O–H groups in total. The van der Waals surface area contributed by atoms with Crippen molar-refractivity contribution in [3.8, 4) is 17.2 Å². The molecular formula is C31H38O10. The molecule has 5 fully saturated rings. The fraction of sp³-hybridized carbons (Fsp3) is 0.645. The van der Waals surface area contributed by atoms with Crippen LogP contribution >= 0.6 is 0 Å². The van der Waals surface area contributed by atoms with Crippen LogP contribution in [0.5, 0.6) is 17.2 Å². The van der Waals surface area contributed by atoms with E-state index in [1.54, 1.807) is 13.0 Å². The Bertz CT molecular complexity index is 1380. The molecule has 3 heterocycles. The van der Waals surface area contributed by atoms with Gasteiger partial charge in [0.25, 0.3) is 0 Å².